The number of halogens is 1. The molecule has 0 bridgehead atoms. The van der Waals surface area contributed by atoms with Gasteiger partial charge in [0.1, 0.15) is 5.52 Å². The Hall–Kier alpha value is -1.36. The number of carboxylic acid groups (broad SMARTS) is 1. The molecule has 0 saturated carbocycles. The normalized spacial score (nSPS) is 10.8. The van der Waals surface area contributed by atoms with E-state index in [1.54, 1.807) is 19.1 Å². The van der Waals surface area contributed by atoms with Gasteiger partial charge in [-0.25, -0.2) is 4.98 Å². The molecule has 1 aromatic carbocycles. The fraction of sp³-hybridized carbons (Fsp3) is 0.200. The van der Waals surface area contributed by atoms with Crippen LogP contribution in [0.1, 0.15) is 11.5 Å². The van der Waals surface area contributed by atoms with E-state index in [9.17, 15) is 4.79 Å². The second kappa shape index (κ2) is 3.66. The number of rotatable bonds is 2. The molecule has 1 heterocycles. The lowest BCUT2D eigenvalue weighted by Gasteiger charge is -1.98. The SMILES string of the molecule is Cc1nc2cc(CC(=O)O)cc(Br)c2o1. The van der Waals surface area contributed by atoms with Crippen molar-refractivity contribution in [2.45, 2.75) is 13.3 Å². The second-order valence-electron chi connectivity index (χ2n) is 3.23. The summed E-state index contributed by atoms with van der Waals surface area (Å²) in [5.74, 6) is -0.292. The van der Waals surface area contributed by atoms with Crippen LogP contribution in [-0.2, 0) is 11.2 Å². The largest absolute Gasteiger partial charge is 0.481 e. The summed E-state index contributed by atoms with van der Waals surface area (Å²) in [4.78, 5) is 14.7. The lowest BCUT2D eigenvalue weighted by Crippen LogP contribution is -1.99. The van der Waals surface area contributed by atoms with Gasteiger partial charge in [-0.2, -0.15) is 0 Å². The lowest BCUT2D eigenvalue weighted by atomic mass is 10.1. The zero-order valence-corrected chi connectivity index (χ0v) is 9.54. The molecular weight excluding hydrogens is 262 g/mol. The molecule has 0 spiro atoms. The van der Waals surface area contributed by atoms with E-state index < -0.39 is 5.97 Å². The summed E-state index contributed by atoms with van der Waals surface area (Å²) in [6.45, 7) is 1.75. The minimum absolute atomic E-state index is 0.0134. The number of aliphatic carboxylic acids is 1. The van der Waals surface area contributed by atoms with Gasteiger partial charge in [-0.1, -0.05) is 0 Å². The van der Waals surface area contributed by atoms with Crippen LogP contribution in [0.3, 0.4) is 0 Å². The third-order valence-corrected chi connectivity index (χ3v) is 2.56. The van der Waals surface area contributed by atoms with Crippen LogP contribution >= 0.6 is 15.9 Å². The maximum atomic E-state index is 10.6. The van der Waals surface area contributed by atoms with Crippen molar-refractivity contribution in [3.63, 3.8) is 0 Å². The number of benzene rings is 1. The smallest absolute Gasteiger partial charge is 0.307 e. The molecule has 78 valence electrons. The lowest BCUT2D eigenvalue weighted by molar-refractivity contribution is -0.136. The first kappa shape index (κ1) is 10.2. The fourth-order valence-electron chi connectivity index (χ4n) is 1.43. The van der Waals surface area contributed by atoms with Crippen LogP contribution in [0.2, 0.25) is 0 Å². The number of aryl methyl sites for hydroxylation is 1. The van der Waals surface area contributed by atoms with Crippen molar-refractivity contribution >= 4 is 33.0 Å². The Bertz CT molecular complexity index is 533. The van der Waals surface area contributed by atoms with Crippen molar-refractivity contribution in [2.24, 2.45) is 0 Å². The number of oxazole rings is 1. The Balaban J connectivity index is 2.56. The highest BCUT2D eigenvalue weighted by Crippen LogP contribution is 2.26. The van der Waals surface area contributed by atoms with E-state index in [-0.39, 0.29) is 6.42 Å². The maximum absolute atomic E-state index is 10.6. The minimum Gasteiger partial charge on any atom is -0.481 e. The first-order chi connectivity index (χ1) is 7.06. The summed E-state index contributed by atoms with van der Waals surface area (Å²) in [6.07, 6.45) is -0.0134. The average Bonchev–Trinajstić information content (AvgIpc) is 2.44. The predicted octanol–water partition coefficient (Wildman–Crippen LogP) is 2.53. The molecule has 1 N–H and O–H groups in total. The Labute approximate surface area is 94.0 Å². The molecule has 0 atom stereocenters. The topological polar surface area (TPSA) is 63.3 Å². The van der Waals surface area contributed by atoms with Gasteiger partial charge in [-0.05, 0) is 33.6 Å². The van der Waals surface area contributed by atoms with Gasteiger partial charge in [0.05, 0.1) is 10.9 Å². The van der Waals surface area contributed by atoms with Gasteiger partial charge in [-0.3, -0.25) is 4.79 Å². The first-order valence-corrected chi connectivity index (χ1v) is 5.13. The van der Waals surface area contributed by atoms with Crippen LogP contribution in [0.25, 0.3) is 11.1 Å². The summed E-state index contributed by atoms with van der Waals surface area (Å²) in [6, 6.07) is 3.46. The number of aromatic nitrogens is 1. The van der Waals surface area contributed by atoms with Gasteiger partial charge >= 0.3 is 5.97 Å². The monoisotopic (exact) mass is 269 g/mol. The van der Waals surface area contributed by atoms with Gasteiger partial charge in [-0.15, -0.1) is 0 Å². The zero-order chi connectivity index (χ0) is 11.0. The molecular formula is C10H8BrNO3. The molecule has 0 aliphatic carbocycles. The Morgan fingerprint density at radius 1 is 1.60 bits per heavy atom. The van der Waals surface area contributed by atoms with Gasteiger partial charge < -0.3 is 9.52 Å². The van der Waals surface area contributed by atoms with Crippen LogP contribution in [0.15, 0.2) is 21.0 Å². The van der Waals surface area contributed by atoms with Crippen molar-refractivity contribution in [1.29, 1.82) is 0 Å². The predicted molar refractivity (Wildman–Crippen MR) is 57.8 cm³/mol. The van der Waals surface area contributed by atoms with Crippen LogP contribution in [0.5, 0.6) is 0 Å². The number of fused-ring (bicyclic) bond motifs is 1. The Morgan fingerprint density at radius 3 is 3.00 bits per heavy atom. The molecule has 2 rings (SSSR count). The van der Waals surface area contributed by atoms with Crippen LogP contribution in [-0.4, -0.2) is 16.1 Å². The molecule has 0 unspecified atom stereocenters. The maximum Gasteiger partial charge on any atom is 0.307 e. The molecule has 0 aliphatic rings. The minimum atomic E-state index is -0.860. The molecule has 5 heteroatoms. The number of carboxylic acids is 1. The van der Waals surface area contributed by atoms with E-state index >= 15 is 0 Å². The summed E-state index contributed by atoms with van der Waals surface area (Å²) in [7, 11) is 0. The summed E-state index contributed by atoms with van der Waals surface area (Å²) in [5, 5.41) is 8.68. The summed E-state index contributed by atoms with van der Waals surface area (Å²) < 4.78 is 6.09. The van der Waals surface area contributed by atoms with Crippen molar-refractivity contribution < 1.29 is 14.3 Å². The van der Waals surface area contributed by atoms with Crippen molar-refractivity contribution in [3.05, 3.63) is 28.1 Å². The molecule has 0 fully saturated rings. The number of hydrogen-bond donors (Lipinski definition) is 1. The fourth-order valence-corrected chi connectivity index (χ4v) is 2.01. The highest BCUT2D eigenvalue weighted by atomic mass is 79.9. The van der Waals surface area contributed by atoms with E-state index in [2.05, 4.69) is 20.9 Å². The molecule has 0 aliphatic heterocycles. The van der Waals surface area contributed by atoms with Crippen LogP contribution < -0.4 is 0 Å². The average molecular weight is 270 g/mol. The molecule has 2 aromatic rings. The molecule has 1 aromatic heterocycles. The standard InChI is InChI=1S/C10H8BrNO3/c1-5-12-8-3-6(4-9(13)14)2-7(11)10(8)15-5/h2-3H,4H2,1H3,(H,13,14). The van der Waals surface area contributed by atoms with Crippen LogP contribution in [0.4, 0.5) is 0 Å². The first-order valence-electron chi connectivity index (χ1n) is 4.33. The number of hydrogen-bond acceptors (Lipinski definition) is 3. The van der Waals surface area contributed by atoms with E-state index in [0.717, 1.165) is 4.47 Å². The van der Waals surface area contributed by atoms with E-state index in [1.807, 2.05) is 0 Å². The highest BCUT2D eigenvalue weighted by Gasteiger charge is 2.10. The van der Waals surface area contributed by atoms with Crippen molar-refractivity contribution in [1.82, 2.24) is 4.98 Å². The van der Waals surface area contributed by atoms with Crippen LogP contribution in [0, 0.1) is 6.92 Å². The van der Waals surface area contributed by atoms with Gasteiger partial charge in [0.25, 0.3) is 0 Å². The summed E-state index contributed by atoms with van der Waals surface area (Å²) in [5.41, 5.74) is 2.04. The Morgan fingerprint density at radius 2 is 2.33 bits per heavy atom. The van der Waals surface area contributed by atoms with E-state index in [0.29, 0.717) is 22.6 Å². The quantitative estimate of drug-likeness (QED) is 0.910. The highest BCUT2D eigenvalue weighted by molar-refractivity contribution is 9.10. The van der Waals surface area contributed by atoms with Gasteiger partial charge in [0.2, 0.25) is 0 Å². The van der Waals surface area contributed by atoms with Crippen molar-refractivity contribution in [3.8, 4) is 0 Å². The third kappa shape index (κ3) is 2.02. The van der Waals surface area contributed by atoms with Gasteiger partial charge in [0.15, 0.2) is 11.5 Å². The summed E-state index contributed by atoms with van der Waals surface area (Å²) >= 11 is 3.32. The molecule has 0 amide bonds. The van der Waals surface area contributed by atoms with E-state index in [1.165, 1.54) is 0 Å². The third-order valence-electron chi connectivity index (χ3n) is 1.97. The molecule has 15 heavy (non-hydrogen) atoms. The van der Waals surface area contributed by atoms with E-state index in [4.69, 9.17) is 9.52 Å². The Kier molecular flexibility index (Phi) is 2.48. The zero-order valence-electron chi connectivity index (χ0n) is 7.95. The molecule has 0 radical (unpaired) electrons. The van der Waals surface area contributed by atoms with Crippen molar-refractivity contribution in [2.75, 3.05) is 0 Å². The second-order valence-corrected chi connectivity index (χ2v) is 4.08. The molecule has 4 nitrogen and oxygen atoms in total. The van der Waals surface area contributed by atoms with Gasteiger partial charge in [0, 0.05) is 6.92 Å². The molecule has 0 saturated heterocycles. The number of carbonyl (C=O) groups is 1. The number of nitrogens with zero attached hydrogens (tertiary/aromatic N) is 1.